The third kappa shape index (κ3) is 18.4. The highest BCUT2D eigenvalue weighted by atomic mass is 32.1. The Kier molecular flexibility index (Phi) is 20.6. The summed E-state index contributed by atoms with van der Waals surface area (Å²) in [4.78, 5) is 44.8. The van der Waals surface area contributed by atoms with Crippen molar-refractivity contribution in [3.63, 3.8) is 0 Å². The van der Waals surface area contributed by atoms with Gasteiger partial charge in [-0.25, -0.2) is 4.57 Å². The average Bonchev–Trinajstić information content (AvgIpc) is 3.02. The molecule has 3 atom stereocenters. The molecule has 0 aliphatic heterocycles. The second kappa shape index (κ2) is 22.6. The van der Waals surface area contributed by atoms with E-state index in [1.54, 1.807) is 24.3 Å². The third-order valence-electron chi connectivity index (χ3n) is 8.62. The van der Waals surface area contributed by atoms with Gasteiger partial charge in [-0.2, -0.15) is 0 Å². The molecule has 5 N–H and O–H groups in total. The molecule has 1 aromatic rings. The Morgan fingerprint density at radius 1 is 0.904 bits per heavy atom. The van der Waals surface area contributed by atoms with Crippen LogP contribution in [0.4, 0.5) is 0 Å². The van der Waals surface area contributed by atoms with Gasteiger partial charge in [-0.05, 0) is 78.5 Å². The molecule has 3 unspecified atom stereocenters. The van der Waals surface area contributed by atoms with Crippen molar-refractivity contribution in [2.24, 2.45) is 17.1 Å². The number of likely N-dealkylation sites (N-methyl/N-ethyl adjacent to an activating group) is 2. The Hall–Kier alpha value is -2.61. The van der Waals surface area contributed by atoms with E-state index in [2.05, 4.69) is 22.9 Å². The zero-order valence-electron chi connectivity index (χ0n) is 33.5. The number of phosphoric ester groups is 1. The lowest BCUT2D eigenvalue weighted by atomic mass is 9.79. The molecule has 15 heteroatoms. The number of rotatable bonds is 26. The Labute approximate surface area is 318 Å². The summed E-state index contributed by atoms with van der Waals surface area (Å²) in [5, 5.41) is 8.94. The van der Waals surface area contributed by atoms with Crippen molar-refractivity contribution in [1.82, 2.24) is 25.8 Å². The minimum atomic E-state index is -3.94. The van der Waals surface area contributed by atoms with Crippen molar-refractivity contribution < 1.29 is 32.5 Å². The van der Waals surface area contributed by atoms with E-state index in [0.717, 1.165) is 12.8 Å². The normalized spacial score (nSPS) is 14.1. The molecule has 0 aliphatic carbocycles. The molecule has 0 saturated heterocycles. The topological polar surface area (TPSA) is 165 Å². The van der Waals surface area contributed by atoms with E-state index < -0.39 is 36.8 Å². The highest BCUT2D eigenvalue weighted by molar-refractivity contribution is 7.80. The maximum atomic E-state index is 13.9. The van der Waals surface area contributed by atoms with E-state index in [0.29, 0.717) is 42.9 Å². The minimum absolute atomic E-state index is 0.143. The summed E-state index contributed by atoms with van der Waals surface area (Å²) in [5.41, 5.74) is 5.51. The van der Waals surface area contributed by atoms with Crippen LogP contribution < -0.4 is 26.2 Å². The van der Waals surface area contributed by atoms with Crippen LogP contribution >= 0.6 is 20.0 Å². The Balaban J connectivity index is 3.26. The number of carbonyl (C=O) groups excluding carboxylic acids is 3. The number of nitrogens with one attached hydrogen (secondary N) is 3. The third-order valence-corrected chi connectivity index (χ3v) is 10.6. The van der Waals surface area contributed by atoms with Crippen LogP contribution in [-0.2, 0) is 34.4 Å². The standard InChI is InChI=1S/C37H67N6O7PS/c1-12-14-15-16-31(44)39-30(33(45)40-32(27(3)13-2)34(46)41-37(6,7)26-36(4,5)35(38)52)25-28-17-19-29(20-18-28)50-51(47,48-23-21-42(8)9)49-24-22-43(10)11/h17-20,27,30,32H,12-16,21-26H2,1-11H3,(H2,38,52)(H,39,44)(H,40,45)(H,41,46). The highest BCUT2D eigenvalue weighted by Gasteiger charge is 2.36. The van der Waals surface area contributed by atoms with Gasteiger partial charge in [0, 0.05) is 36.9 Å². The predicted molar refractivity (Wildman–Crippen MR) is 212 cm³/mol. The van der Waals surface area contributed by atoms with Crippen LogP contribution in [0.3, 0.4) is 0 Å². The smallest absolute Gasteiger partial charge is 0.404 e. The average molecular weight is 771 g/mol. The molecule has 13 nitrogen and oxygen atoms in total. The molecule has 1 aromatic carbocycles. The molecule has 3 amide bonds. The molecule has 0 saturated carbocycles. The summed E-state index contributed by atoms with van der Waals surface area (Å²) >= 11 is 5.25. The number of nitrogens with two attached hydrogens (primary N) is 1. The molecule has 0 aliphatic rings. The first-order valence-corrected chi connectivity index (χ1v) is 20.2. The number of hydrogen-bond acceptors (Lipinski definition) is 10. The van der Waals surface area contributed by atoms with Crippen molar-refractivity contribution in [3.8, 4) is 5.75 Å². The zero-order chi connectivity index (χ0) is 39.7. The van der Waals surface area contributed by atoms with E-state index in [9.17, 15) is 18.9 Å². The van der Waals surface area contributed by atoms with Crippen LogP contribution in [0, 0.1) is 11.3 Å². The first-order valence-electron chi connectivity index (χ1n) is 18.3. The van der Waals surface area contributed by atoms with Gasteiger partial charge in [-0.1, -0.05) is 78.2 Å². The summed E-state index contributed by atoms with van der Waals surface area (Å²) in [5.74, 6) is -0.979. The first-order chi connectivity index (χ1) is 24.1. The molecule has 52 heavy (non-hydrogen) atoms. The highest BCUT2D eigenvalue weighted by Crippen LogP contribution is 2.49. The molecule has 0 heterocycles. The Morgan fingerprint density at radius 2 is 1.46 bits per heavy atom. The molecular weight excluding hydrogens is 703 g/mol. The maximum absolute atomic E-state index is 13.9. The van der Waals surface area contributed by atoms with Crippen molar-refractivity contribution in [1.29, 1.82) is 0 Å². The quantitative estimate of drug-likeness (QED) is 0.0566. The zero-order valence-corrected chi connectivity index (χ0v) is 35.2. The van der Waals surface area contributed by atoms with Gasteiger partial charge in [0.05, 0.1) is 18.2 Å². The van der Waals surface area contributed by atoms with Gasteiger partial charge in [0.25, 0.3) is 0 Å². The lowest BCUT2D eigenvalue weighted by molar-refractivity contribution is -0.133. The van der Waals surface area contributed by atoms with E-state index >= 15 is 0 Å². The fourth-order valence-corrected chi connectivity index (χ4v) is 6.67. The van der Waals surface area contributed by atoms with Crippen LogP contribution in [0.25, 0.3) is 0 Å². The van der Waals surface area contributed by atoms with Gasteiger partial charge in [0.2, 0.25) is 17.7 Å². The van der Waals surface area contributed by atoms with Gasteiger partial charge in [0.15, 0.2) is 0 Å². The summed E-state index contributed by atoms with van der Waals surface area (Å²) < 4.78 is 30.4. The minimum Gasteiger partial charge on any atom is -0.404 e. The molecule has 298 valence electrons. The fourth-order valence-electron chi connectivity index (χ4n) is 5.43. The predicted octanol–water partition coefficient (Wildman–Crippen LogP) is 5.07. The summed E-state index contributed by atoms with van der Waals surface area (Å²) in [6.07, 6.45) is 4.10. The number of hydrogen-bond donors (Lipinski definition) is 4. The summed E-state index contributed by atoms with van der Waals surface area (Å²) in [7, 11) is 3.58. The number of nitrogens with zero attached hydrogens (tertiary/aromatic N) is 2. The van der Waals surface area contributed by atoms with E-state index in [1.807, 2.05) is 79.5 Å². The van der Waals surface area contributed by atoms with Gasteiger partial charge in [-0.3, -0.25) is 23.4 Å². The number of carbonyl (C=O) groups is 3. The molecule has 0 spiro atoms. The molecular formula is C37H67N6O7PS. The van der Waals surface area contributed by atoms with Crippen LogP contribution in [0.5, 0.6) is 5.75 Å². The van der Waals surface area contributed by atoms with Crippen molar-refractivity contribution in [2.75, 3.05) is 54.5 Å². The van der Waals surface area contributed by atoms with E-state index in [4.69, 9.17) is 31.5 Å². The maximum Gasteiger partial charge on any atom is 0.530 e. The molecule has 0 radical (unpaired) electrons. The summed E-state index contributed by atoms with van der Waals surface area (Å²) in [6.45, 7) is 14.9. The van der Waals surface area contributed by atoms with E-state index in [1.165, 1.54) is 0 Å². The molecule has 1 rings (SSSR count). The number of thiocarbonyl (C=S) groups is 1. The van der Waals surface area contributed by atoms with Crippen LogP contribution in [-0.4, -0.2) is 105 Å². The van der Waals surface area contributed by atoms with Crippen molar-refractivity contribution in [3.05, 3.63) is 29.8 Å². The monoisotopic (exact) mass is 770 g/mol. The number of amides is 3. The Bertz CT molecular complexity index is 1310. The molecule has 0 bridgehead atoms. The van der Waals surface area contributed by atoms with Gasteiger partial charge < -0.3 is 36.0 Å². The number of phosphoric acid groups is 1. The number of benzene rings is 1. The fraction of sp³-hybridized carbons (Fsp3) is 0.730. The lowest BCUT2D eigenvalue weighted by Gasteiger charge is -2.37. The van der Waals surface area contributed by atoms with Crippen LogP contribution in [0.2, 0.25) is 0 Å². The second-order valence-electron chi connectivity index (χ2n) is 15.4. The van der Waals surface area contributed by atoms with Crippen LogP contribution in [0.15, 0.2) is 24.3 Å². The van der Waals surface area contributed by atoms with Crippen molar-refractivity contribution >= 4 is 42.8 Å². The van der Waals surface area contributed by atoms with Gasteiger partial charge >= 0.3 is 7.82 Å². The molecule has 0 aromatic heterocycles. The largest absolute Gasteiger partial charge is 0.530 e. The lowest BCUT2D eigenvalue weighted by Crippen LogP contribution is -2.59. The van der Waals surface area contributed by atoms with E-state index in [-0.39, 0.29) is 49.5 Å². The molecule has 0 fully saturated rings. The Morgan fingerprint density at radius 3 is 1.94 bits per heavy atom. The van der Waals surface area contributed by atoms with Gasteiger partial charge in [0.1, 0.15) is 17.8 Å². The first kappa shape index (κ1) is 47.4. The van der Waals surface area contributed by atoms with Crippen molar-refractivity contribution in [2.45, 2.75) is 111 Å². The van der Waals surface area contributed by atoms with Crippen LogP contribution in [0.1, 0.15) is 92.6 Å². The SMILES string of the molecule is CCCCCC(=O)NC(Cc1ccc(OP(=O)(OCCN(C)C)OCCN(C)C)cc1)C(=O)NC(C(=O)NC(C)(C)CC(C)(C)C(N)=S)C(C)CC. The second-order valence-corrected chi connectivity index (χ2v) is 17.4. The number of unbranched alkanes of at least 4 members (excludes halogenated alkanes) is 2. The van der Waals surface area contributed by atoms with Gasteiger partial charge in [-0.15, -0.1) is 0 Å². The summed E-state index contributed by atoms with van der Waals surface area (Å²) in [6, 6.07) is 4.89.